The van der Waals surface area contributed by atoms with Crippen molar-refractivity contribution in [1.29, 1.82) is 0 Å². The summed E-state index contributed by atoms with van der Waals surface area (Å²) in [6.07, 6.45) is -0.470. The van der Waals surface area contributed by atoms with Crippen molar-refractivity contribution in [2.24, 2.45) is 5.41 Å². The molecular weight excluding hydrogens is 219 g/mol. The van der Waals surface area contributed by atoms with Crippen molar-refractivity contribution in [2.45, 2.75) is 44.7 Å². The van der Waals surface area contributed by atoms with E-state index in [1.807, 2.05) is 0 Å². The number of halogens is 3. The van der Waals surface area contributed by atoms with Gasteiger partial charge in [-0.1, -0.05) is 12.8 Å². The Labute approximate surface area is 94.2 Å². The van der Waals surface area contributed by atoms with Gasteiger partial charge >= 0.3 is 6.18 Å². The third kappa shape index (κ3) is 4.70. The van der Waals surface area contributed by atoms with Gasteiger partial charge in [-0.2, -0.15) is 13.2 Å². The van der Waals surface area contributed by atoms with Gasteiger partial charge in [-0.15, -0.1) is 0 Å². The third-order valence-corrected chi connectivity index (χ3v) is 3.31. The van der Waals surface area contributed by atoms with Crippen molar-refractivity contribution in [3.63, 3.8) is 0 Å². The van der Waals surface area contributed by atoms with Gasteiger partial charge in [-0.3, -0.25) is 0 Å². The summed E-state index contributed by atoms with van der Waals surface area (Å²) < 4.78 is 35.6. The first-order valence-electron chi connectivity index (χ1n) is 5.86. The smallest absolute Gasteiger partial charge is 0.389 e. The van der Waals surface area contributed by atoms with Gasteiger partial charge in [0.15, 0.2) is 0 Å². The highest BCUT2D eigenvalue weighted by Crippen LogP contribution is 2.36. The number of alkyl halides is 3. The number of hydrogen-bond donors (Lipinski definition) is 2. The average molecular weight is 239 g/mol. The minimum atomic E-state index is -4.05. The van der Waals surface area contributed by atoms with Gasteiger partial charge in [0.2, 0.25) is 0 Å². The molecule has 0 aliphatic heterocycles. The van der Waals surface area contributed by atoms with Crippen molar-refractivity contribution in [1.82, 2.24) is 5.32 Å². The van der Waals surface area contributed by atoms with Crippen molar-refractivity contribution < 1.29 is 18.3 Å². The van der Waals surface area contributed by atoms with E-state index in [-0.39, 0.29) is 18.4 Å². The predicted molar refractivity (Wildman–Crippen MR) is 56.1 cm³/mol. The fraction of sp³-hybridized carbons (Fsp3) is 1.00. The Morgan fingerprint density at radius 1 is 1.19 bits per heavy atom. The molecule has 0 amide bonds. The number of nitrogens with one attached hydrogen (secondary N) is 1. The van der Waals surface area contributed by atoms with Crippen LogP contribution < -0.4 is 5.32 Å². The van der Waals surface area contributed by atoms with Crippen LogP contribution in [0.25, 0.3) is 0 Å². The fourth-order valence-electron chi connectivity index (χ4n) is 2.28. The van der Waals surface area contributed by atoms with Crippen LogP contribution in [0.5, 0.6) is 0 Å². The number of aliphatic hydroxyl groups excluding tert-OH is 1. The second-order valence-electron chi connectivity index (χ2n) is 4.76. The summed E-state index contributed by atoms with van der Waals surface area (Å²) in [5.41, 5.74) is -0.0712. The summed E-state index contributed by atoms with van der Waals surface area (Å²) in [7, 11) is 0. The molecule has 5 heteroatoms. The van der Waals surface area contributed by atoms with Crippen LogP contribution >= 0.6 is 0 Å². The zero-order valence-corrected chi connectivity index (χ0v) is 9.45. The quantitative estimate of drug-likeness (QED) is 0.698. The Bertz CT molecular complexity index is 200. The first-order valence-corrected chi connectivity index (χ1v) is 5.86. The van der Waals surface area contributed by atoms with Gasteiger partial charge in [0.25, 0.3) is 0 Å². The number of aliphatic hydroxyl groups is 1. The SMILES string of the molecule is OCC1(CNCCCC(F)(F)F)CCCC1. The van der Waals surface area contributed by atoms with E-state index in [1.165, 1.54) is 0 Å². The van der Waals surface area contributed by atoms with Gasteiger partial charge in [-0.25, -0.2) is 0 Å². The first-order chi connectivity index (χ1) is 7.47. The lowest BCUT2D eigenvalue weighted by atomic mass is 9.87. The lowest BCUT2D eigenvalue weighted by Gasteiger charge is -2.26. The molecule has 0 saturated heterocycles. The Kier molecular flexibility index (Phi) is 5.05. The van der Waals surface area contributed by atoms with Crippen LogP contribution in [0.1, 0.15) is 38.5 Å². The van der Waals surface area contributed by atoms with E-state index in [9.17, 15) is 18.3 Å². The van der Waals surface area contributed by atoms with Crippen LogP contribution in [0.3, 0.4) is 0 Å². The molecule has 2 nitrogen and oxygen atoms in total. The molecule has 0 radical (unpaired) electrons. The van der Waals surface area contributed by atoms with E-state index in [1.54, 1.807) is 0 Å². The Hall–Kier alpha value is -0.290. The molecule has 2 N–H and O–H groups in total. The van der Waals surface area contributed by atoms with Gasteiger partial charge in [0, 0.05) is 25.0 Å². The summed E-state index contributed by atoms with van der Waals surface area (Å²) in [4.78, 5) is 0. The van der Waals surface area contributed by atoms with Crippen LogP contribution in [-0.2, 0) is 0 Å². The average Bonchev–Trinajstić information content (AvgIpc) is 2.65. The highest BCUT2D eigenvalue weighted by Gasteiger charge is 2.32. The molecule has 0 atom stereocenters. The van der Waals surface area contributed by atoms with Gasteiger partial charge in [0.05, 0.1) is 0 Å². The maximum Gasteiger partial charge on any atom is 0.389 e. The summed E-state index contributed by atoms with van der Waals surface area (Å²) in [6.45, 7) is 1.15. The molecule has 1 aliphatic rings. The molecule has 0 bridgehead atoms. The van der Waals surface area contributed by atoms with E-state index in [0.29, 0.717) is 13.1 Å². The fourth-order valence-corrected chi connectivity index (χ4v) is 2.28. The molecule has 1 aliphatic carbocycles. The Balaban J connectivity index is 2.10. The standard InChI is InChI=1S/C11H20F3NO/c12-11(13,14)6-3-7-15-8-10(9-16)4-1-2-5-10/h15-16H,1-9H2. The molecule has 0 spiro atoms. The van der Waals surface area contributed by atoms with Crippen LogP contribution in [0.2, 0.25) is 0 Å². The molecule has 0 heterocycles. The van der Waals surface area contributed by atoms with E-state index in [2.05, 4.69) is 5.32 Å². The second-order valence-corrected chi connectivity index (χ2v) is 4.76. The van der Waals surface area contributed by atoms with Crippen LogP contribution in [-0.4, -0.2) is 31.0 Å². The highest BCUT2D eigenvalue weighted by molar-refractivity contribution is 4.85. The minimum absolute atomic E-state index is 0.0712. The van der Waals surface area contributed by atoms with Crippen molar-refractivity contribution in [3.8, 4) is 0 Å². The maximum absolute atomic E-state index is 11.9. The Morgan fingerprint density at radius 2 is 1.81 bits per heavy atom. The normalized spacial score (nSPS) is 20.2. The predicted octanol–water partition coefficient (Wildman–Crippen LogP) is 2.47. The van der Waals surface area contributed by atoms with Gasteiger partial charge in [-0.05, 0) is 25.8 Å². The van der Waals surface area contributed by atoms with Crippen molar-refractivity contribution >= 4 is 0 Å². The van der Waals surface area contributed by atoms with E-state index in [0.717, 1.165) is 25.7 Å². The molecule has 0 aromatic carbocycles. The second kappa shape index (κ2) is 5.87. The number of rotatable bonds is 6. The number of hydrogen-bond acceptors (Lipinski definition) is 2. The van der Waals surface area contributed by atoms with E-state index in [4.69, 9.17) is 0 Å². The minimum Gasteiger partial charge on any atom is -0.396 e. The summed E-state index contributed by atoms with van der Waals surface area (Å²) in [5.74, 6) is 0. The topological polar surface area (TPSA) is 32.3 Å². The summed E-state index contributed by atoms with van der Waals surface area (Å²) >= 11 is 0. The molecule has 0 aromatic heterocycles. The van der Waals surface area contributed by atoms with E-state index < -0.39 is 12.6 Å². The molecule has 1 rings (SSSR count). The van der Waals surface area contributed by atoms with Gasteiger partial charge in [0.1, 0.15) is 0 Å². The molecule has 1 saturated carbocycles. The third-order valence-electron chi connectivity index (χ3n) is 3.31. The first kappa shape index (κ1) is 13.8. The Morgan fingerprint density at radius 3 is 2.31 bits per heavy atom. The zero-order valence-electron chi connectivity index (χ0n) is 9.45. The molecule has 0 unspecified atom stereocenters. The molecule has 16 heavy (non-hydrogen) atoms. The van der Waals surface area contributed by atoms with E-state index >= 15 is 0 Å². The molecule has 1 fully saturated rings. The van der Waals surface area contributed by atoms with Crippen molar-refractivity contribution in [3.05, 3.63) is 0 Å². The maximum atomic E-state index is 11.9. The van der Waals surface area contributed by atoms with Crippen LogP contribution in [0, 0.1) is 5.41 Å². The molecular formula is C11H20F3NO. The lowest BCUT2D eigenvalue weighted by molar-refractivity contribution is -0.135. The highest BCUT2D eigenvalue weighted by atomic mass is 19.4. The molecule has 96 valence electrons. The lowest BCUT2D eigenvalue weighted by Crippen LogP contribution is -2.35. The molecule has 0 aromatic rings. The monoisotopic (exact) mass is 239 g/mol. The zero-order chi connectivity index (χ0) is 12.1. The summed E-state index contributed by atoms with van der Waals surface area (Å²) in [5, 5.41) is 12.3. The van der Waals surface area contributed by atoms with Crippen LogP contribution in [0.4, 0.5) is 13.2 Å². The summed E-state index contributed by atoms with van der Waals surface area (Å²) in [6, 6.07) is 0. The largest absolute Gasteiger partial charge is 0.396 e. The van der Waals surface area contributed by atoms with Crippen LogP contribution in [0.15, 0.2) is 0 Å². The van der Waals surface area contributed by atoms with Crippen molar-refractivity contribution in [2.75, 3.05) is 19.7 Å². The van der Waals surface area contributed by atoms with Gasteiger partial charge < -0.3 is 10.4 Å².